The molecule has 232 valence electrons. The number of hydrogen-bond donors (Lipinski definition) is 2. The van der Waals surface area contributed by atoms with Crippen molar-refractivity contribution < 1.29 is 40.4 Å². The number of aliphatic imine (C=N–C) groups is 1. The van der Waals surface area contributed by atoms with Gasteiger partial charge in [-0.15, -0.1) is 0 Å². The smallest absolute Gasteiger partial charge is 0.303 e. The number of para-hydroxylation sites is 1. The number of hydrogen-bond acceptors (Lipinski definition) is 5. The molecule has 0 spiro atoms. The molecule has 0 amide bonds. The lowest BCUT2D eigenvalue weighted by Crippen LogP contribution is -2.30. The molecule has 1 unspecified atom stereocenters. The van der Waals surface area contributed by atoms with Gasteiger partial charge in [0.2, 0.25) is 0 Å². The number of carbonyl (C=O) groups is 1. The van der Waals surface area contributed by atoms with Crippen LogP contribution in [0, 0.1) is 23.3 Å². The van der Waals surface area contributed by atoms with E-state index in [1.54, 1.807) is 43.5 Å². The maximum atomic E-state index is 15.4. The first-order valence-electron chi connectivity index (χ1n) is 13.8. The maximum Gasteiger partial charge on any atom is 0.303 e. The summed E-state index contributed by atoms with van der Waals surface area (Å²) in [6.07, 6.45) is 11.0. The van der Waals surface area contributed by atoms with Crippen LogP contribution in [-0.4, -0.2) is 42.6 Å². The van der Waals surface area contributed by atoms with Crippen molar-refractivity contribution in [3.8, 4) is 0 Å². The summed E-state index contributed by atoms with van der Waals surface area (Å²) >= 11 is 0. The molecule has 0 bridgehead atoms. The topological polar surface area (TPSA) is 107 Å². The van der Waals surface area contributed by atoms with Crippen molar-refractivity contribution in [2.45, 2.75) is 57.3 Å². The molecule has 1 atom stereocenters. The van der Waals surface area contributed by atoms with E-state index in [0.717, 1.165) is 5.69 Å². The van der Waals surface area contributed by atoms with Crippen LogP contribution in [0.25, 0.3) is 0 Å². The van der Waals surface area contributed by atoms with Crippen molar-refractivity contribution >= 4 is 33.7 Å². The highest BCUT2D eigenvalue weighted by atomic mass is 32.2. The number of aliphatic carboxylic acids is 1. The van der Waals surface area contributed by atoms with Crippen LogP contribution in [-0.2, 0) is 20.3 Å². The highest BCUT2D eigenvalue weighted by Crippen LogP contribution is 2.53. The molecule has 0 fully saturated rings. The van der Waals surface area contributed by atoms with Gasteiger partial charge in [0.15, 0.2) is 23.3 Å². The first kappa shape index (κ1) is 33.7. The number of carboxylic acids is 1. The second-order valence-corrected chi connectivity index (χ2v) is 11.9. The zero-order valence-corrected chi connectivity index (χ0v) is 24.5. The van der Waals surface area contributed by atoms with E-state index in [-0.39, 0.29) is 37.8 Å². The van der Waals surface area contributed by atoms with Gasteiger partial charge in [0.25, 0.3) is 10.1 Å². The van der Waals surface area contributed by atoms with Gasteiger partial charge < -0.3 is 10.0 Å². The second kappa shape index (κ2) is 15.1. The Morgan fingerprint density at radius 3 is 2.26 bits per heavy atom. The monoisotopic (exact) mass is 622 g/mol. The quantitative estimate of drug-likeness (QED) is 0.0407. The minimum absolute atomic E-state index is 0.000666. The van der Waals surface area contributed by atoms with E-state index in [4.69, 9.17) is 9.66 Å². The summed E-state index contributed by atoms with van der Waals surface area (Å²) in [5.41, 5.74) is -1.13. The number of fused-ring (bicyclic) bond motifs is 1. The van der Waals surface area contributed by atoms with Crippen molar-refractivity contribution in [2.24, 2.45) is 4.99 Å². The number of unbranched alkanes of at least 4 members (excludes halogenated alkanes) is 3. The molecule has 1 heterocycles. The van der Waals surface area contributed by atoms with Gasteiger partial charge in [-0.2, -0.15) is 8.42 Å². The molecule has 0 aromatic heterocycles. The van der Waals surface area contributed by atoms with Gasteiger partial charge in [0.05, 0.1) is 17.1 Å². The van der Waals surface area contributed by atoms with E-state index in [1.807, 2.05) is 30.3 Å². The molecule has 0 saturated carbocycles. The van der Waals surface area contributed by atoms with Gasteiger partial charge in [-0.3, -0.25) is 14.3 Å². The lowest BCUT2D eigenvalue weighted by atomic mass is 9.76. The molecule has 2 aromatic carbocycles. The third-order valence-electron chi connectivity index (χ3n) is 7.17. The molecule has 0 saturated heterocycles. The standard InChI is InChI=1S/C31H34F4N2O5S/c1-31(18-10-13-21-43(40,41)42)23(16-8-2-3-11-19-36-22-14-6-4-7-15-22)37(20-12-5-9-17-24(38)39)30-25(31)26(32)27(33)28(34)29(30)35/h2-4,6-8,11,14-16,19H,5,9-10,12-13,17-18,20-21H2,1H3,(H,38,39)(H,40,41,42). The van der Waals surface area contributed by atoms with E-state index in [0.29, 0.717) is 25.0 Å². The van der Waals surface area contributed by atoms with Gasteiger partial charge in [-0.1, -0.05) is 49.3 Å². The summed E-state index contributed by atoms with van der Waals surface area (Å²) in [5.74, 6) is -8.49. The Balaban J connectivity index is 1.98. The zero-order chi connectivity index (χ0) is 31.6. The fraction of sp³-hybridized carbons (Fsp3) is 0.355. The van der Waals surface area contributed by atoms with Crippen LogP contribution >= 0.6 is 0 Å². The number of nitrogens with zero attached hydrogens (tertiary/aromatic N) is 2. The van der Waals surface area contributed by atoms with E-state index in [1.165, 1.54) is 4.90 Å². The maximum absolute atomic E-state index is 15.4. The van der Waals surface area contributed by atoms with Gasteiger partial charge in [-0.25, -0.2) is 17.6 Å². The minimum Gasteiger partial charge on any atom is -0.481 e. The average Bonchev–Trinajstić information content (AvgIpc) is 3.20. The summed E-state index contributed by atoms with van der Waals surface area (Å²) < 4.78 is 91.3. The van der Waals surface area contributed by atoms with Crippen molar-refractivity contribution in [1.82, 2.24) is 0 Å². The Labute approximate surface area is 248 Å². The van der Waals surface area contributed by atoms with E-state index < -0.39 is 56.2 Å². The number of benzene rings is 2. The number of rotatable bonds is 15. The van der Waals surface area contributed by atoms with Crippen LogP contribution in [0.15, 0.2) is 71.4 Å². The first-order valence-corrected chi connectivity index (χ1v) is 15.4. The van der Waals surface area contributed by atoms with Crippen molar-refractivity contribution in [3.63, 3.8) is 0 Å². The number of halogens is 4. The molecular formula is C31H34F4N2O5S. The Bertz CT molecular complexity index is 1520. The molecule has 0 radical (unpaired) electrons. The fourth-order valence-corrected chi connectivity index (χ4v) is 5.71. The molecule has 43 heavy (non-hydrogen) atoms. The predicted molar refractivity (Wildman–Crippen MR) is 158 cm³/mol. The Kier molecular flexibility index (Phi) is 11.8. The van der Waals surface area contributed by atoms with Gasteiger partial charge >= 0.3 is 5.97 Å². The lowest BCUT2D eigenvalue weighted by Gasteiger charge is -2.30. The van der Waals surface area contributed by atoms with Crippen molar-refractivity contribution in [1.29, 1.82) is 0 Å². The summed E-state index contributed by atoms with van der Waals surface area (Å²) in [5, 5.41) is 8.91. The highest BCUT2D eigenvalue weighted by molar-refractivity contribution is 7.85. The molecule has 2 aromatic rings. The van der Waals surface area contributed by atoms with Crippen LogP contribution in [0.1, 0.15) is 57.4 Å². The summed E-state index contributed by atoms with van der Waals surface area (Å²) in [6, 6.07) is 9.24. The Morgan fingerprint density at radius 2 is 1.58 bits per heavy atom. The molecular weight excluding hydrogens is 588 g/mol. The van der Waals surface area contributed by atoms with Crippen LogP contribution in [0.2, 0.25) is 0 Å². The zero-order valence-electron chi connectivity index (χ0n) is 23.6. The number of anilines is 1. The average molecular weight is 623 g/mol. The number of allylic oxidation sites excluding steroid dienone is 6. The second-order valence-electron chi connectivity index (χ2n) is 10.3. The number of carboxylic acid groups (broad SMARTS) is 1. The normalized spacial score (nSPS) is 18.1. The van der Waals surface area contributed by atoms with Crippen LogP contribution < -0.4 is 4.90 Å². The van der Waals surface area contributed by atoms with E-state index >= 15 is 8.78 Å². The van der Waals surface area contributed by atoms with Crippen LogP contribution in [0.4, 0.5) is 28.9 Å². The largest absolute Gasteiger partial charge is 0.481 e. The summed E-state index contributed by atoms with van der Waals surface area (Å²) in [6.45, 7) is 1.61. The van der Waals surface area contributed by atoms with Crippen molar-refractivity contribution in [3.05, 3.63) is 95.2 Å². The lowest BCUT2D eigenvalue weighted by molar-refractivity contribution is -0.137. The van der Waals surface area contributed by atoms with Gasteiger partial charge in [0, 0.05) is 35.9 Å². The molecule has 12 heteroatoms. The Morgan fingerprint density at radius 1 is 0.907 bits per heavy atom. The molecule has 7 nitrogen and oxygen atoms in total. The molecule has 3 rings (SSSR count). The van der Waals surface area contributed by atoms with Crippen LogP contribution in [0.3, 0.4) is 0 Å². The van der Waals surface area contributed by atoms with Gasteiger partial charge in [0.1, 0.15) is 0 Å². The molecule has 0 aliphatic carbocycles. The Hall–Kier alpha value is -3.77. The van der Waals surface area contributed by atoms with Crippen molar-refractivity contribution in [2.75, 3.05) is 17.2 Å². The van der Waals surface area contributed by atoms with Gasteiger partial charge in [-0.05, 0) is 56.9 Å². The van der Waals surface area contributed by atoms with Crippen LogP contribution in [0.5, 0.6) is 0 Å². The highest BCUT2D eigenvalue weighted by Gasteiger charge is 2.48. The first-order chi connectivity index (χ1) is 20.4. The summed E-state index contributed by atoms with van der Waals surface area (Å²) in [4.78, 5) is 16.5. The predicted octanol–water partition coefficient (Wildman–Crippen LogP) is 7.42. The third-order valence-corrected chi connectivity index (χ3v) is 7.98. The SMILES string of the molecule is CC1(CCCCS(=O)(=O)O)C(=CC=CC=CC=Nc2ccccc2)N(CCCCCC(=O)O)c2c(F)c(F)c(F)c(F)c21. The van der Waals surface area contributed by atoms with E-state index in [2.05, 4.69) is 4.99 Å². The minimum atomic E-state index is -4.26. The molecule has 1 aliphatic rings. The molecule has 1 aliphatic heterocycles. The fourth-order valence-electron chi connectivity index (χ4n) is 5.14. The summed E-state index contributed by atoms with van der Waals surface area (Å²) in [7, 11) is -4.26. The molecule has 2 N–H and O–H groups in total. The van der Waals surface area contributed by atoms with E-state index in [9.17, 15) is 22.0 Å². The third kappa shape index (κ3) is 8.87.